The molecular formula is C16H7F3N3O3S-. The first-order valence-electron chi connectivity index (χ1n) is 6.67. The van der Waals surface area contributed by atoms with Crippen LogP contribution in [0.2, 0.25) is 0 Å². The third-order valence-corrected chi connectivity index (χ3v) is 4.42. The molecule has 0 amide bonds. The number of hydrogen-bond donors (Lipinski definition) is 0. The topological polar surface area (TPSA) is 78.3 Å². The summed E-state index contributed by atoms with van der Waals surface area (Å²) < 4.78 is 65.3. The number of rotatable bonds is 3. The number of alkyl halides is 3. The Hall–Kier alpha value is -3.37. The first-order chi connectivity index (χ1) is 12.1. The van der Waals surface area contributed by atoms with E-state index in [1.165, 1.54) is 12.1 Å². The summed E-state index contributed by atoms with van der Waals surface area (Å²) in [5.74, 6) is -1.36. The summed E-state index contributed by atoms with van der Waals surface area (Å²) in [5.41, 5.74) is -2.19. The van der Waals surface area contributed by atoms with Crippen LogP contribution in [0.5, 0.6) is 0 Å². The Balaban J connectivity index is 2.48. The zero-order valence-electron chi connectivity index (χ0n) is 12.6. The second kappa shape index (κ2) is 6.86. The van der Waals surface area contributed by atoms with Crippen LogP contribution in [-0.2, 0) is 16.2 Å². The summed E-state index contributed by atoms with van der Waals surface area (Å²) in [6.45, 7) is 13.7. The summed E-state index contributed by atoms with van der Waals surface area (Å²) >= 11 is 0. The SMILES string of the molecule is [C-]#[N+]c1ccc(S(=O)(=O)/N=C(\[O-])c2ccc(C(F)(F)F)cc2[N+]#[C-])cc1. The van der Waals surface area contributed by atoms with Crippen LogP contribution in [-0.4, -0.2) is 14.3 Å². The minimum Gasteiger partial charge on any atom is -0.858 e. The minimum absolute atomic E-state index is 0.174. The molecule has 0 saturated heterocycles. The van der Waals surface area contributed by atoms with Gasteiger partial charge in [0, 0.05) is 5.56 Å². The average Bonchev–Trinajstić information content (AvgIpc) is 2.60. The second-order valence-electron chi connectivity index (χ2n) is 4.82. The van der Waals surface area contributed by atoms with Gasteiger partial charge in [0.15, 0.2) is 11.4 Å². The van der Waals surface area contributed by atoms with E-state index in [1.54, 1.807) is 0 Å². The van der Waals surface area contributed by atoms with Crippen molar-refractivity contribution in [2.45, 2.75) is 11.1 Å². The summed E-state index contributed by atoms with van der Waals surface area (Å²) in [4.78, 5) is 5.55. The molecule has 0 saturated carbocycles. The molecule has 2 aromatic carbocycles. The molecule has 132 valence electrons. The van der Waals surface area contributed by atoms with Crippen LogP contribution < -0.4 is 5.11 Å². The first kappa shape index (κ1) is 19.0. The fourth-order valence-electron chi connectivity index (χ4n) is 1.88. The van der Waals surface area contributed by atoms with E-state index in [0.29, 0.717) is 18.2 Å². The second-order valence-corrected chi connectivity index (χ2v) is 6.42. The quantitative estimate of drug-likeness (QED) is 0.467. The lowest BCUT2D eigenvalue weighted by molar-refractivity contribution is -0.212. The molecule has 0 aromatic heterocycles. The highest BCUT2D eigenvalue weighted by Gasteiger charge is 2.30. The van der Waals surface area contributed by atoms with Crippen LogP contribution in [0.25, 0.3) is 9.69 Å². The maximum atomic E-state index is 12.7. The minimum atomic E-state index is -4.71. The van der Waals surface area contributed by atoms with Gasteiger partial charge in [0.1, 0.15) is 0 Å². The van der Waals surface area contributed by atoms with Gasteiger partial charge in [-0.15, -0.1) is 0 Å². The molecule has 6 nitrogen and oxygen atoms in total. The fraction of sp³-hybridized carbons (Fsp3) is 0.0625. The molecule has 0 bridgehead atoms. The number of halogens is 3. The highest BCUT2D eigenvalue weighted by Crippen LogP contribution is 2.33. The van der Waals surface area contributed by atoms with Gasteiger partial charge in [-0.05, 0) is 17.5 Å². The predicted octanol–water partition coefficient (Wildman–Crippen LogP) is 3.30. The van der Waals surface area contributed by atoms with E-state index >= 15 is 0 Å². The van der Waals surface area contributed by atoms with Gasteiger partial charge in [-0.2, -0.15) is 26.0 Å². The summed E-state index contributed by atoms with van der Waals surface area (Å²) in [5, 5.41) is 12.1. The van der Waals surface area contributed by atoms with Crippen molar-refractivity contribution in [1.29, 1.82) is 0 Å². The van der Waals surface area contributed by atoms with Gasteiger partial charge in [-0.1, -0.05) is 36.4 Å². The molecule has 2 rings (SSSR count). The molecule has 0 heterocycles. The molecule has 10 heteroatoms. The van der Waals surface area contributed by atoms with Gasteiger partial charge in [0.2, 0.25) is 0 Å². The van der Waals surface area contributed by atoms with Crippen molar-refractivity contribution in [3.05, 3.63) is 76.4 Å². The van der Waals surface area contributed by atoms with Crippen molar-refractivity contribution in [1.82, 2.24) is 0 Å². The van der Waals surface area contributed by atoms with Gasteiger partial charge >= 0.3 is 6.18 Å². The Morgan fingerprint density at radius 3 is 2.15 bits per heavy atom. The standard InChI is InChI=1S/C16H8F3N3O3S/c1-20-11-4-6-12(7-5-11)26(24,25)22-15(23)13-8-3-10(16(17,18)19)9-14(13)21-2/h3-9H,(H,22,23)/p-1. The van der Waals surface area contributed by atoms with Gasteiger partial charge in [-0.3, -0.25) is 0 Å². The van der Waals surface area contributed by atoms with E-state index in [1.807, 2.05) is 0 Å². The van der Waals surface area contributed by atoms with Crippen LogP contribution >= 0.6 is 0 Å². The van der Waals surface area contributed by atoms with E-state index in [2.05, 4.69) is 14.1 Å². The van der Waals surface area contributed by atoms with Crippen molar-refractivity contribution in [3.63, 3.8) is 0 Å². The van der Waals surface area contributed by atoms with Crippen LogP contribution in [0.1, 0.15) is 11.1 Å². The van der Waals surface area contributed by atoms with Gasteiger partial charge < -0.3 is 5.11 Å². The van der Waals surface area contributed by atoms with Crippen molar-refractivity contribution in [2.75, 3.05) is 0 Å². The summed E-state index contributed by atoms with van der Waals surface area (Å²) in [6.07, 6.45) is -4.71. The Kier molecular flexibility index (Phi) is 5.00. The molecule has 0 aliphatic rings. The maximum Gasteiger partial charge on any atom is 0.415 e. The Morgan fingerprint density at radius 2 is 1.65 bits per heavy atom. The normalized spacial score (nSPS) is 12.3. The van der Waals surface area contributed by atoms with E-state index in [9.17, 15) is 26.7 Å². The smallest absolute Gasteiger partial charge is 0.415 e. The van der Waals surface area contributed by atoms with Crippen molar-refractivity contribution in [3.8, 4) is 0 Å². The Morgan fingerprint density at radius 1 is 1.04 bits per heavy atom. The van der Waals surface area contributed by atoms with Gasteiger partial charge in [-0.25, -0.2) is 9.69 Å². The fourth-order valence-corrected chi connectivity index (χ4v) is 2.79. The zero-order valence-corrected chi connectivity index (χ0v) is 13.5. The molecule has 0 unspecified atom stereocenters. The van der Waals surface area contributed by atoms with E-state index in [-0.39, 0.29) is 10.6 Å². The average molecular weight is 378 g/mol. The molecule has 0 radical (unpaired) electrons. The lowest BCUT2D eigenvalue weighted by Gasteiger charge is -2.14. The van der Waals surface area contributed by atoms with E-state index in [4.69, 9.17) is 13.1 Å². The van der Waals surface area contributed by atoms with Crippen LogP contribution in [0, 0.1) is 13.1 Å². The monoisotopic (exact) mass is 378 g/mol. The number of hydrogen-bond acceptors (Lipinski definition) is 3. The highest BCUT2D eigenvalue weighted by atomic mass is 32.2. The van der Waals surface area contributed by atoms with Crippen molar-refractivity contribution < 1.29 is 26.7 Å². The summed E-state index contributed by atoms with van der Waals surface area (Å²) in [6, 6.07) is 6.29. The van der Waals surface area contributed by atoms with Crippen LogP contribution in [0.4, 0.5) is 24.5 Å². The van der Waals surface area contributed by atoms with Gasteiger partial charge in [0.25, 0.3) is 10.0 Å². The van der Waals surface area contributed by atoms with Crippen molar-refractivity contribution in [2.24, 2.45) is 4.40 Å². The number of sulfonamides is 1. The third-order valence-electron chi connectivity index (χ3n) is 3.14. The molecule has 0 spiro atoms. The predicted molar refractivity (Wildman–Crippen MR) is 84.1 cm³/mol. The highest BCUT2D eigenvalue weighted by molar-refractivity contribution is 7.90. The van der Waals surface area contributed by atoms with Crippen LogP contribution in [0.15, 0.2) is 51.8 Å². The van der Waals surface area contributed by atoms with E-state index in [0.717, 1.165) is 12.1 Å². The first-order valence-corrected chi connectivity index (χ1v) is 8.11. The summed E-state index contributed by atoms with van der Waals surface area (Å²) in [7, 11) is -4.45. The molecule has 0 aliphatic carbocycles. The maximum absolute atomic E-state index is 12.7. The Labute approximate surface area is 146 Å². The molecule has 0 atom stereocenters. The van der Waals surface area contributed by atoms with Gasteiger partial charge in [0.05, 0.1) is 18.0 Å². The zero-order chi connectivity index (χ0) is 19.5. The lowest BCUT2D eigenvalue weighted by atomic mass is 10.1. The van der Waals surface area contributed by atoms with Crippen molar-refractivity contribution >= 4 is 27.3 Å². The molecule has 2 aromatic rings. The molecule has 26 heavy (non-hydrogen) atoms. The van der Waals surface area contributed by atoms with E-state index < -0.39 is 38.9 Å². The Bertz CT molecular complexity index is 1060. The lowest BCUT2D eigenvalue weighted by Crippen LogP contribution is -2.21. The molecular weight excluding hydrogens is 371 g/mol. The molecule has 0 fully saturated rings. The molecule has 0 N–H and O–H groups in total. The third kappa shape index (κ3) is 3.99. The molecule has 0 aliphatic heterocycles. The largest absolute Gasteiger partial charge is 0.858 e. The van der Waals surface area contributed by atoms with Crippen LogP contribution in [0.3, 0.4) is 0 Å². The number of nitrogens with zero attached hydrogens (tertiary/aromatic N) is 3. The number of benzene rings is 2.